The minimum atomic E-state index is 0.109. The Bertz CT molecular complexity index is 431. The van der Waals surface area contributed by atoms with Crippen LogP contribution in [0.3, 0.4) is 0 Å². The van der Waals surface area contributed by atoms with Gasteiger partial charge >= 0.3 is 0 Å². The van der Waals surface area contributed by atoms with Crippen molar-refractivity contribution < 1.29 is 4.79 Å². The van der Waals surface area contributed by atoms with Crippen molar-refractivity contribution in [2.45, 2.75) is 51.6 Å². The van der Waals surface area contributed by atoms with Gasteiger partial charge < -0.3 is 11.1 Å². The lowest BCUT2D eigenvalue weighted by Crippen LogP contribution is -2.37. The van der Waals surface area contributed by atoms with Crippen LogP contribution in [0.4, 0.5) is 0 Å². The number of hydrogen-bond donors (Lipinski definition) is 2. The highest BCUT2D eigenvalue weighted by atomic mass is 16.1. The molecular weight excluding hydrogens is 236 g/mol. The van der Waals surface area contributed by atoms with Gasteiger partial charge in [-0.1, -0.05) is 37.6 Å². The molecule has 0 aliphatic heterocycles. The van der Waals surface area contributed by atoms with Crippen molar-refractivity contribution in [3.63, 3.8) is 0 Å². The second-order valence-corrected chi connectivity index (χ2v) is 5.46. The molecule has 0 aromatic heterocycles. The number of amides is 1. The van der Waals surface area contributed by atoms with Crippen molar-refractivity contribution in [2.75, 3.05) is 0 Å². The van der Waals surface area contributed by atoms with Crippen molar-refractivity contribution in [3.8, 4) is 0 Å². The number of nitrogens with two attached hydrogens (primary N) is 1. The monoisotopic (exact) mass is 260 g/mol. The van der Waals surface area contributed by atoms with Gasteiger partial charge in [0.05, 0.1) is 0 Å². The van der Waals surface area contributed by atoms with Gasteiger partial charge in [-0.2, -0.15) is 0 Å². The predicted molar refractivity (Wildman–Crippen MR) is 77.6 cm³/mol. The van der Waals surface area contributed by atoms with Crippen LogP contribution in [0.25, 0.3) is 0 Å². The van der Waals surface area contributed by atoms with Gasteiger partial charge in [0, 0.05) is 18.5 Å². The summed E-state index contributed by atoms with van der Waals surface area (Å²) in [4.78, 5) is 12.1. The van der Waals surface area contributed by atoms with E-state index in [0.29, 0.717) is 6.54 Å². The molecular formula is C16H24N2O. The standard InChI is InChI=1S/C16H24N2O/c1-2-12-6-3-4-7-14(12)11-18-16(19)13-8-5-9-15(17)10-13/h3-4,6-7,13,15H,2,5,8-11,17H2,1H3,(H,18,19). The molecule has 1 amide bonds. The van der Waals surface area contributed by atoms with Crippen molar-refractivity contribution in [3.05, 3.63) is 35.4 Å². The molecule has 0 spiro atoms. The van der Waals surface area contributed by atoms with Crippen LogP contribution in [0.2, 0.25) is 0 Å². The van der Waals surface area contributed by atoms with E-state index >= 15 is 0 Å². The number of benzene rings is 1. The molecule has 3 nitrogen and oxygen atoms in total. The van der Waals surface area contributed by atoms with E-state index in [0.717, 1.165) is 32.1 Å². The van der Waals surface area contributed by atoms with Gasteiger partial charge in [0.25, 0.3) is 0 Å². The smallest absolute Gasteiger partial charge is 0.223 e. The Morgan fingerprint density at radius 2 is 2.05 bits per heavy atom. The number of nitrogens with one attached hydrogen (secondary N) is 1. The van der Waals surface area contributed by atoms with E-state index in [4.69, 9.17) is 5.73 Å². The van der Waals surface area contributed by atoms with E-state index in [1.165, 1.54) is 11.1 Å². The molecule has 1 aromatic carbocycles. The van der Waals surface area contributed by atoms with Crippen LogP contribution >= 0.6 is 0 Å². The molecule has 104 valence electrons. The number of carbonyl (C=O) groups is 1. The summed E-state index contributed by atoms with van der Waals surface area (Å²) in [7, 11) is 0. The van der Waals surface area contributed by atoms with Crippen molar-refractivity contribution in [1.29, 1.82) is 0 Å². The van der Waals surface area contributed by atoms with E-state index < -0.39 is 0 Å². The molecule has 2 atom stereocenters. The number of aryl methyl sites for hydroxylation is 1. The second-order valence-electron chi connectivity index (χ2n) is 5.46. The molecule has 3 heteroatoms. The Hall–Kier alpha value is -1.35. The summed E-state index contributed by atoms with van der Waals surface area (Å²) < 4.78 is 0. The van der Waals surface area contributed by atoms with E-state index in [-0.39, 0.29) is 17.9 Å². The first-order valence-corrected chi connectivity index (χ1v) is 7.30. The molecule has 19 heavy (non-hydrogen) atoms. The molecule has 1 fully saturated rings. The molecule has 3 N–H and O–H groups in total. The van der Waals surface area contributed by atoms with Crippen molar-refractivity contribution in [2.24, 2.45) is 11.7 Å². The number of carbonyl (C=O) groups excluding carboxylic acids is 1. The largest absolute Gasteiger partial charge is 0.352 e. The fourth-order valence-electron chi connectivity index (χ4n) is 2.87. The normalized spacial score (nSPS) is 23.1. The van der Waals surface area contributed by atoms with Crippen molar-refractivity contribution in [1.82, 2.24) is 5.32 Å². The summed E-state index contributed by atoms with van der Waals surface area (Å²) in [6.45, 7) is 2.77. The van der Waals surface area contributed by atoms with Gasteiger partial charge in [-0.3, -0.25) is 4.79 Å². The number of rotatable bonds is 4. The highest BCUT2D eigenvalue weighted by Gasteiger charge is 2.24. The Morgan fingerprint density at radius 1 is 1.32 bits per heavy atom. The third-order valence-electron chi connectivity index (χ3n) is 4.04. The first kappa shape index (κ1) is 14.1. The quantitative estimate of drug-likeness (QED) is 0.873. The summed E-state index contributed by atoms with van der Waals surface area (Å²) in [5, 5.41) is 3.07. The van der Waals surface area contributed by atoms with Crippen LogP contribution in [0.15, 0.2) is 24.3 Å². The third-order valence-corrected chi connectivity index (χ3v) is 4.04. The molecule has 2 rings (SSSR count). The third kappa shape index (κ3) is 3.80. The fourth-order valence-corrected chi connectivity index (χ4v) is 2.87. The van der Waals surface area contributed by atoms with E-state index in [2.05, 4.69) is 24.4 Å². The lowest BCUT2D eigenvalue weighted by molar-refractivity contribution is -0.126. The summed E-state index contributed by atoms with van der Waals surface area (Å²) in [5.41, 5.74) is 8.47. The van der Waals surface area contributed by atoms with Gasteiger partial charge in [0.15, 0.2) is 0 Å². The maximum Gasteiger partial charge on any atom is 0.223 e. The second kappa shape index (κ2) is 6.71. The highest BCUT2D eigenvalue weighted by molar-refractivity contribution is 5.78. The minimum absolute atomic E-state index is 0.109. The van der Waals surface area contributed by atoms with Gasteiger partial charge in [0.1, 0.15) is 0 Å². The highest BCUT2D eigenvalue weighted by Crippen LogP contribution is 2.23. The molecule has 1 aliphatic carbocycles. The Morgan fingerprint density at radius 3 is 2.74 bits per heavy atom. The maximum atomic E-state index is 12.1. The van der Waals surface area contributed by atoms with Crippen LogP contribution in [-0.4, -0.2) is 11.9 Å². The maximum absolute atomic E-state index is 12.1. The average Bonchev–Trinajstić information content (AvgIpc) is 2.45. The fraction of sp³-hybridized carbons (Fsp3) is 0.562. The molecule has 2 unspecified atom stereocenters. The Kier molecular flexibility index (Phi) is 4.97. The van der Waals surface area contributed by atoms with Gasteiger partial charge in [-0.15, -0.1) is 0 Å². The SMILES string of the molecule is CCc1ccccc1CNC(=O)C1CCCC(N)C1. The lowest BCUT2D eigenvalue weighted by atomic mass is 9.85. The zero-order valence-corrected chi connectivity index (χ0v) is 11.7. The lowest BCUT2D eigenvalue weighted by Gasteiger charge is -2.25. The van der Waals surface area contributed by atoms with E-state index in [9.17, 15) is 4.79 Å². The zero-order valence-electron chi connectivity index (χ0n) is 11.7. The van der Waals surface area contributed by atoms with Crippen LogP contribution in [-0.2, 0) is 17.8 Å². The molecule has 1 saturated carbocycles. The molecule has 0 bridgehead atoms. The van der Waals surface area contributed by atoms with Crippen LogP contribution < -0.4 is 11.1 Å². The first-order chi connectivity index (χ1) is 9.20. The van der Waals surface area contributed by atoms with Gasteiger partial charge in [-0.25, -0.2) is 0 Å². The first-order valence-electron chi connectivity index (χ1n) is 7.30. The summed E-state index contributed by atoms with van der Waals surface area (Å²) in [5.74, 6) is 0.276. The van der Waals surface area contributed by atoms with Crippen LogP contribution in [0, 0.1) is 5.92 Å². The number of hydrogen-bond acceptors (Lipinski definition) is 2. The van der Waals surface area contributed by atoms with Crippen LogP contribution in [0.1, 0.15) is 43.7 Å². The Labute approximate surface area is 115 Å². The zero-order chi connectivity index (χ0) is 13.7. The molecule has 0 saturated heterocycles. The molecule has 0 heterocycles. The predicted octanol–water partition coefficient (Wildman–Crippen LogP) is 2.38. The average molecular weight is 260 g/mol. The van der Waals surface area contributed by atoms with Crippen molar-refractivity contribution >= 4 is 5.91 Å². The minimum Gasteiger partial charge on any atom is -0.352 e. The summed E-state index contributed by atoms with van der Waals surface area (Å²) in [6.07, 6.45) is 4.95. The topological polar surface area (TPSA) is 55.1 Å². The van der Waals surface area contributed by atoms with Crippen LogP contribution in [0.5, 0.6) is 0 Å². The Balaban J connectivity index is 1.89. The molecule has 1 aromatic rings. The summed E-state index contributed by atoms with van der Waals surface area (Å²) >= 11 is 0. The molecule has 0 radical (unpaired) electrons. The summed E-state index contributed by atoms with van der Waals surface area (Å²) in [6, 6.07) is 8.48. The van der Waals surface area contributed by atoms with Gasteiger partial charge in [0.2, 0.25) is 5.91 Å². The van der Waals surface area contributed by atoms with Gasteiger partial charge in [-0.05, 0) is 36.8 Å². The van der Waals surface area contributed by atoms with E-state index in [1.807, 2.05) is 12.1 Å². The molecule has 1 aliphatic rings. The van der Waals surface area contributed by atoms with E-state index in [1.54, 1.807) is 0 Å².